The van der Waals surface area contributed by atoms with E-state index < -0.39 is 6.04 Å². The van der Waals surface area contributed by atoms with Crippen LogP contribution in [-0.2, 0) is 4.79 Å². The van der Waals surface area contributed by atoms with Gasteiger partial charge in [-0.15, -0.1) is 12.4 Å². The number of hydrogen-bond donors (Lipinski definition) is 2. The Bertz CT molecular complexity index is 592. The number of aryl methyl sites for hydroxylation is 1. The molecule has 1 aliphatic rings. The summed E-state index contributed by atoms with van der Waals surface area (Å²) >= 11 is 0. The Hall–Kier alpha value is -1.59. The van der Waals surface area contributed by atoms with Crippen molar-refractivity contribution < 1.29 is 9.59 Å². The van der Waals surface area contributed by atoms with E-state index in [1.54, 1.807) is 6.07 Å². The van der Waals surface area contributed by atoms with E-state index in [0.29, 0.717) is 31.0 Å². The molecule has 5 nitrogen and oxygen atoms in total. The second kappa shape index (κ2) is 9.78. The Morgan fingerprint density at radius 3 is 2.60 bits per heavy atom. The largest absolute Gasteiger partial charge is 0.340 e. The van der Waals surface area contributed by atoms with Gasteiger partial charge in [0, 0.05) is 31.2 Å². The number of amides is 2. The third kappa shape index (κ3) is 6.01. The molecule has 1 heterocycles. The van der Waals surface area contributed by atoms with Gasteiger partial charge in [-0.1, -0.05) is 32.0 Å². The van der Waals surface area contributed by atoms with E-state index in [-0.39, 0.29) is 30.3 Å². The van der Waals surface area contributed by atoms with Crippen molar-refractivity contribution in [3.05, 3.63) is 35.4 Å². The maximum absolute atomic E-state index is 12.9. The lowest BCUT2D eigenvalue weighted by Gasteiger charge is -2.35. The molecule has 0 spiro atoms. The summed E-state index contributed by atoms with van der Waals surface area (Å²) < 4.78 is 0. The molecule has 0 bridgehead atoms. The predicted octanol–water partition coefficient (Wildman–Crippen LogP) is 2.38. The quantitative estimate of drug-likeness (QED) is 0.840. The molecule has 1 aliphatic heterocycles. The molecular weight excluding hydrogens is 338 g/mol. The van der Waals surface area contributed by atoms with Gasteiger partial charge in [-0.2, -0.15) is 0 Å². The van der Waals surface area contributed by atoms with Crippen LogP contribution in [0.1, 0.15) is 43.1 Å². The highest BCUT2D eigenvalue weighted by Crippen LogP contribution is 2.13. The number of hydrogen-bond acceptors (Lipinski definition) is 3. The zero-order valence-corrected chi connectivity index (χ0v) is 16.4. The van der Waals surface area contributed by atoms with Crippen molar-refractivity contribution in [3.8, 4) is 0 Å². The van der Waals surface area contributed by atoms with Crippen molar-refractivity contribution in [2.75, 3.05) is 19.6 Å². The van der Waals surface area contributed by atoms with Gasteiger partial charge >= 0.3 is 0 Å². The normalized spacial score (nSPS) is 18.4. The standard InChI is InChI=1S/C19H29N3O2.ClH/c1-13(2)11-17(19(24)22-10-9-20-15(4)12-22)21-18(23)16-8-6-5-7-14(16)3;/h5-8,13,15,17,20H,9-12H2,1-4H3,(H,21,23);1H. The van der Waals surface area contributed by atoms with Crippen LogP contribution < -0.4 is 10.6 Å². The molecular formula is C19H30ClN3O2. The minimum Gasteiger partial charge on any atom is -0.340 e. The van der Waals surface area contributed by atoms with E-state index in [0.717, 1.165) is 12.1 Å². The highest BCUT2D eigenvalue weighted by Gasteiger charge is 2.29. The number of nitrogens with zero attached hydrogens (tertiary/aromatic N) is 1. The molecule has 2 N–H and O–H groups in total. The molecule has 140 valence electrons. The Kier molecular flexibility index (Phi) is 8.39. The fraction of sp³-hybridized carbons (Fsp3) is 0.579. The second-order valence-corrected chi connectivity index (χ2v) is 7.11. The molecule has 0 aliphatic carbocycles. The van der Waals surface area contributed by atoms with Crippen LogP contribution in [0, 0.1) is 12.8 Å². The van der Waals surface area contributed by atoms with Crippen molar-refractivity contribution >= 4 is 24.2 Å². The number of halogens is 1. The first kappa shape index (κ1) is 21.5. The van der Waals surface area contributed by atoms with E-state index in [1.807, 2.05) is 30.0 Å². The van der Waals surface area contributed by atoms with Crippen LogP contribution in [0.15, 0.2) is 24.3 Å². The molecule has 2 unspecified atom stereocenters. The van der Waals surface area contributed by atoms with E-state index in [1.165, 1.54) is 0 Å². The molecule has 6 heteroatoms. The first-order valence-corrected chi connectivity index (χ1v) is 8.77. The van der Waals surface area contributed by atoms with Crippen molar-refractivity contribution in [1.82, 2.24) is 15.5 Å². The van der Waals surface area contributed by atoms with Gasteiger partial charge in [-0.3, -0.25) is 9.59 Å². The summed E-state index contributed by atoms with van der Waals surface area (Å²) in [6.07, 6.45) is 0.648. The van der Waals surface area contributed by atoms with E-state index >= 15 is 0 Å². The van der Waals surface area contributed by atoms with Crippen molar-refractivity contribution in [2.24, 2.45) is 5.92 Å². The van der Waals surface area contributed by atoms with Crippen molar-refractivity contribution in [2.45, 2.75) is 46.2 Å². The van der Waals surface area contributed by atoms with Gasteiger partial charge in [0.25, 0.3) is 5.91 Å². The maximum atomic E-state index is 12.9. The number of piperazine rings is 1. The fourth-order valence-electron chi connectivity index (χ4n) is 3.11. The number of nitrogens with one attached hydrogen (secondary N) is 2. The average molecular weight is 368 g/mol. The molecule has 1 fully saturated rings. The predicted molar refractivity (Wildman–Crippen MR) is 103 cm³/mol. The van der Waals surface area contributed by atoms with Crippen LogP contribution in [0.4, 0.5) is 0 Å². The van der Waals surface area contributed by atoms with Crippen LogP contribution in [0.25, 0.3) is 0 Å². The molecule has 2 amide bonds. The molecule has 0 radical (unpaired) electrons. The van der Waals surface area contributed by atoms with Crippen molar-refractivity contribution in [1.29, 1.82) is 0 Å². The molecule has 0 saturated carbocycles. The lowest BCUT2D eigenvalue weighted by molar-refractivity contribution is -0.134. The van der Waals surface area contributed by atoms with Gasteiger partial charge in [-0.25, -0.2) is 0 Å². The van der Waals surface area contributed by atoms with Crippen LogP contribution in [-0.4, -0.2) is 48.4 Å². The molecule has 2 atom stereocenters. The molecule has 0 aromatic heterocycles. The van der Waals surface area contributed by atoms with Gasteiger partial charge in [0.1, 0.15) is 6.04 Å². The van der Waals surface area contributed by atoms with Crippen LogP contribution in [0.3, 0.4) is 0 Å². The highest BCUT2D eigenvalue weighted by molar-refractivity contribution is 5.98. The molecule has 1 saturated heterocycles. The first-order chi connectivity index (χ1) is 11.4. The van der Waals surface area contributed by atoms with E-state index in [9.17, 15) is 9.59 Å². The zero-order chi connectivity index (χ0) is 17.7. The Balaban J connectivity index is 0.00000312. The van der Waals surface area contributed by atoms with Crippen LogP contribution >= 0.6 is 12.4 Å². The van der Waals surface area contributed by atoms with Crippen molar-refractivity contribution in [3.63, 3.8) is 0 Å². The van der Waals surface area contributed by atoms with Gasteiger partial charge in [0.05, 0.1) is 0 Å². The molecule has 2 rings (SSSR count). The number of rotatable bonds is 5. The SMILES string of the molecule is Cc1ccccc1C(=O)NC(CC(C)C)C(=O)N1CCNC(C)C1.Cl. The van der Waals surface area contributed by atoms with Gasteiger partial charge in [0.2, 0.25) is 5.91 Å². The van der Waals surface area contributed by atoms with Crippen LogP contribution in [0.2, 0.25) is 0 Å². The fourth-order valence-corrected chi connectivity index (χ4v) is 3.11. The Morgan fingerprint density at radius 1 is 1.32 bits per heavy atom. The number of carbonyl (C=O) groups excluding carboxylic acids is 2. The van der Waals surface area contributed by atoms with E-state index in [2.05, 4.69) is 31.4 Å². The van der Waals surface area contributed by atoms with Gasteiger partial charge < -0.3 is 15.5 Å². The summed E-state index contributed by atoms with van der Waals surface area (Å²) in [6, 6.07) is 7.28. The third-order valence-electron chi connectivity index (χ3n) is 4.38. The Labute approximate surface area is 157 Å². The first-order valence-electron chi connectivity index (χ1n) is 8.77. The summed E-state index contributed by atoms with van der Waals surface area (Å²) in [5, 5.41) is 6.31. The average Bonchev–Trinajstić information content (AvgIpc) is 2.53. The molecule has 1 aromatic carbocycles. The topological polar surface area (TPSA) is 61.4 Å². The number of carbonyl (C=O) groups is 2. The summed E-state index contributed by atoms with van der Waals surface area (Å²) in [6.45, 7) is 10.3. The van der Waals surface area contributed by atoms with Gasteiger partial charge in [-0.05, 0) is 37.8 Å². The highest BCUT2D eigenvalue weighted by atomic mass is 35.5. The van der Waals surface area contributed by atoms with E-state index in [4.69, 9.17) is 0 Å². The summed E-state index contributed by atoms with van der Waals surface area (Å²) in [5.74, 6) is 0.186. The lowest BCUT2D eigenvalue weighted by atomic mass is 10.0. The monoisotopic (exact) mass is 367 g/mol. The minimum atomic E-state index is -0.470. The van der Waals surface area contributed by atoms with Gasteiger partial charge in [0.15, 0.2) is 0 Å². The zero-order valence-electron chi connectivity index (χ0n) is 15.5. The lowest BCUT2D eigenvalue weighted by Crippen LogP contribution is -2.57. The Morgan fingerprint density at radius 2 is 2.00 bits per heavy atom. The van der Waals surface area contributed by atoms with Crippen LogP contribution in [0.5, 0.6) is 0 Å². The molecule has 1 aromatic rings. The smallest absolute Gasteiger partial charge is 0.252 e. The third-order valence-corrected chi connectivity index (χ3v) is 4.38. The summed E-state index contributed by atoms with van der Waals surface area (Å²) in [7, 11) is 0. The summed E-state index contributed by atoms with van der Waals surface area (Å²) in [4.78, 5) is 27.4. The molecule has 25 heavy (non-hydrogen) atoms. The number of benzene rings is 1. The summed E-state index contributed by atoms with van der Waals surface area (Å²) in [5.41, 5.74) is 1.55. The maximum Gasteiger partial charge on any atom is 0.252 e. The second-order valence-electron chi connectivity index (χ2n) is 7.11. The minimum absolute atomic E-state index is 0.